The Kier molecular flexibility index (Phi) is 4.35. The van der Waals surface area contributed by atoms with Crippen LogP contribution in [0.4, 0.5) is 14.9 Å². The van der Waals surface area contributed by atoms with E-state index in [-0.39, 0.29) is 11.3 Å². The van der Waals surface area contributed by atoms with Gasteiger partial charge in [0.2, 0.25) is 0 Å². The van der Waals surface area contributed by atoms with Gasteiger partial charge in [-0.25, -0.2) is 14.1 Å². The minimum Gasteiger partial charge on any atom is -0.351 e. The molecule has 1 N–H and O–H groups in total. The lowest BCUT2D eigenvalue weighted by Crippen LogP contribution is -2.54. The summed E-state index contributed by atoms with van der Waals surface area (Å²) in [5.74, 6) is -2.35. The van der Waals surface area contributed by atoms with Crippen LogP contribution in [0.15, 0.2) is 48.3 Å². The van der Waals surface area contributed by atoms with Gasteiger partial charge in [0.1, 0.15) is 11.4 Å². The van der Waals surface area contributed by atoms with E-state index in [1.807, 2.05) is 18.5 Å². The van der Waals surface area contributed by atoms with Gasteiger partial charge in [0.05, 0.1) is 5.69 Å². The van der Waals surface area contributed by atoms with Crippen molar-refractivity contribution in [2.45, 2.75) is 31.7 Å². The Bertz CT molecular complexity index is 957. The molecule has 4 amide bonds. The van der Waals surface area contributed by atoms with Gasteiger partial charge in [-0.1, -0.05) is 25.0 Å². The zero-order chi connectivity index (χ0) is 19.0. The molecule has 0 bridgehead atoms. The van der Waals surface area contributed by atoms with E-state index in [9.17, 15) is 18.8 Å². The van der Waals surface area contributed by atoms with Gasteiger partial charge < -0.3 is 4.57 Å². The van der Waals surface area contributed by atoms with Crippen LogP contribution in [0.2, 0.25) is 0 Å². The van der Waals surface area contributed by atoms with Crippen LogP contribution in [0.5, 0.6) is 0 Å². The largest absolute Gasteiger partial charge is 0.351 e. The summed E-state index contributed by atoms with van der Waals surface area (Å²) in [4.78, 5) is 37.7. The molecule has 4 rings (SSSR count). The van der Waals surface area contributed by atoms with Crippen LogP contribution in [-0.4, -0.2) is 22.4 Å². The number of nitrogens with zero attached hydrogens (tertiary/aromatic N) is 2. The topological polar surface area (TPSA) is 71.4 Å². The number of imide groups is 2. The molecule has 1 aromatic heterocycles. The molecule has 1 aliphatic carbocycles. The van der Waals surface area contributed by atoms with Crippen LogP contribution in [0.25, 0.3) is 6.08 Å². The highest BCUT2D eigenvalue weighted by Gasteiger charge is 2.38. The van der Waals surface area contributed by atoms with E-state index in [1.54, 1.807) is 0 Å². The number of hydrogen-bond acceptors (Lipinski definition) is 3. The van der Waals surface area contributed by atoms with E-state index in [0.29, 0.717) is 16.5 Å². The van der Waals surface area contributed by atoms with Crippen LogP contribution in [-0.2, 0) is 9.59 Å². The first-order valence-corrected chi connectivity index (χ1v) is 8.88. The predicted octanol–water partition coefficient (Wildman–Crippen LogP) is 3.41. The summed E-state index contributed by atoms with van der Waals surface area (Å²) in [5.41, 5.74) is 0.284. The molecule has 2 aliphatic rings. The molecule has 2 heterocycles. The highest BCUT2D eigenvalue weighted by molar-refractivity contribution is 6.39. The van der Waals surface area contributed by atoms with Gasteiger partial charge in [-0.15, -0.1) is 0 Å². The average molecular weight is 367 g/mol. The number of anilines is 1. The molecule has 2 fully saturated rings. The number of rotatable bonds is 3. The third kappa shape index (κ3) is 3.16. The molecule has 1 aliphatic heterocycles. The van der Waals surface area contributed by atoms with Crippen molar-refractivity contribution >= 4 is 29.6 Å². The zero-order valence-electron chi connectivity index (χ0n) is 14.5. The SMILES string of the molecule is O=C1NC(=O)N(c2ccccc2F)C(=O)/C1=C\c1ccn(C2CCCC2)c1. The fourth-order valence-corrected chi connectivity index (χ4v) is 3.62. The van der Waals surface area contributed by atoms with Crippen molar-refractivity contribution in [2.75, 3.05) is 4.90 Å². The molecule has 27 heavy (non-hydrogen) atoms. The Labute approximate surface area is 155 Å². The van der Waals surface area contributed by atoms with Crippen LogP contribution < -0.4 is 10.2 Å². The summed E-state index contributed by atoms with van der Waals surface area (Å²) >= 11 is 0. The molecule has 2 aromatic rings. The number of benzene rings is 1. The molecule has 0 radical (unpaired) electrons. The van der Waals surface area contributed by atoms with Crippen molar-refractivity contribution in [3.8, 4) is 0 Å². The van der Waals surface area contributed by atoms with Gasteiger partial charge in [-0.2, -0.15) is 0 Å². The van der Waals surface area contributed by atoms with Gasteiger partial charge in [0, 0.05) is 18.4 Å². The smallest absolute Gasteiger partial charge is 0.336 e. The van der Waals surface area contributed by atoms with Crippen LogP contribution in [0, 0.1) is 5.82 Å². The second-order valence-electron chi connectivity index (χ2n) is 6.74. The number of nitrogens with one attached hydrogen (secondary N) is 1. The first-order chi connectivity index (χ1) is 13.0. The van der Waals surface area contributed by atoms with Crippen molar-refractivity contribution in [1.29, 1.82) is 0 Å². The van der Waals surface area contributed by atoms with Crippen LogP contribution >= 0.6 is 0 Å². The number of carbonyl (C=O) groups excluding carboxylic acids is 3. The highest BCUT2D eigenvalue weighted by Crippen LogP contribution is 2.30. The molecular formula is C20H18FN3O3. The molecule has 6 nitrogen and oxygen atoms in total. The van der Waals surface area contributed by atoms with E-state index in [0.717, 1.165) is 18.9 Å². The molecule has 1 aromatic carbocycles. The number of urea groups is 1. The Hall–Kier alpha value is -3.22. The second-order valence-corrected chi connectivity index (χ2v) is 6.74. The van der Waals surface area contributed by atoms with Crippen LogP contribution in [0.1, 0.15) is 37.3 Å². The quantitative estimate of drug-likeness (QED) is 0.668. The average Bonchev–Trinajstić information content (AvgIpc) is 3.31. The molecule has 1 saturated carbocycles. The van der Waals surface area contributed by atoms with E-state index in [1.165, 1.54) is 37.1 Å². The third-order valence-corrected chi connectivity index (χ3v) is 4.99. The number of barbiturate groups is 1. The standard InChI is InChI=1S/C20H18FN3O3/c21-16-7-3-4-8-17(16)24-19(26)15(18(25)22-20(24)27)11-13-9-10-23(12-13)14-5-1-2-6-14/h3-4,7-12,14H,1-2,5-6H2,(H,22,25,27)/b15-11-. The van der Waals surface area contributed by atoms with Crippen molar-refractivity contribution in [3.63, 3.8) is 0 Å². The minimum absolute atomic E-state index is 0.193. The first kappa shape index (κ1) is 17.2. The lowest BCUT2D eigenvalue weighted by atomic mass is 10.1. The van der Waals surface area contributed by atoms with Crippen molar-refractivity contribution in [3.05, 3.63) is 59.7 Å². The summed E-state index contributed by atoms with van der Waals surface area (Å²) in [7, 11) is 0. The summed E-state index contributed by atoms with van der Waals surface area (Å²) in [6.45, 7) is 0. The number of carbonyl (C=O) groups is 3. The fraction of sp³-hybridized carbons (Fsp3) is 0.250. The summed E-state index contributed by atoms with van der Waals surface area (Å²) in [5, 5.41) is 2.10. The molecule has 138 valence electrons. The van der Waals surface area contributed by atoms with Gasteiger partial charge in [0.15, 0.2) is 0 Å². The normalized spacial score (nSPS) is 19.8. The molecule has 0 spiro atoms. The number of halogens is 1. The Morgan fingerprint density at radius 1 is 1.07 bits per heavy atom. The lowest BCUT2D eigenvalue weighted by molar-refractivity contribution is -0.122. The number of hydrogen-bond donors (Lipinski definition) is 1. The maximum atomic E-state index is 14.1. The van der Waals surface area contributed by atoms with Crippen molar-refractivity contribution < 1.29 is 18.8 Å². The predicted molar refractivity (Wildman–Crippen MR) is 97.3 cm³/mol. The van der Waals surface area contributed by atoms with E-state index >= 15 is 0 Å². The van der Waals surface area contributed by atoms with Gasteiger partial charge in [-0.3, -0.25) is 14.9 Å². The monoisotopic (exact) mass is 367 g/mol. The highest BCUT2D eigenvalue weighted by atomic mass is 19.1. The molecule has 1 saturated heterocycles. The van der Waals surface area contributed by atoms with Crippen LogP contribution in [0.3, 0.4) is 0 Å². The summed E-state index contributed by atoms with van der Waals surface area (Å²) < 4.78 is 16.2. The van der Waals surface area contributed by atoms with Gasteiger partial charge >= 0.3 is 6.03 Å². The molecule has 7 heteroatoms. The molecule has 0 atom stereocenters. The Morgan fingerprint density at radius 2 is 1.81 bits per heavy atom. The maximum Gasteiger partial charge on any atom is 0.336 e. The molecule has 0 unspecified atom stereocenters. The maximum absolute atomic E-state index is 14.1. The van der Waals surface area contributed by atoms with Crippen molar-refractivity contribution in [2.24, 2.45) is 0 Å². The van der Waals surface area contributed by atoms with E-state index in [2.05, 4.69) is 9.88 Å². The fourth-order valence-electron chi connectivity index (χ4n) is 3.62. The van der Waals surface area contributed by atoms with Crippen molar-refractivity contribution in [1.82, 2.24) is 9.88 Å². The Balaban J connectivity index is 1.66. The first-order valence-electron chi connectivity index (χ1n) is 8.88. The van der Waals surface area contributed by atoms with Gasteiger partial charge in [-0.05, 0) is 42.7 Å². The number of para-hydroxylation sites is 1. The van der Waals surface area contributed by atoms with E-state index < -0.39 is 23.7 Å². The summed E-state index contributed by atoms with van der Waals surface area (Å²) in [6.07, 6.45) is 9.85. The third-order valence-electron chi connectivity index (χ3n) is 4.99. The number of aromatic nitrogens is 1. The number of amides is 4. The zero-order valence-corrected chi connectivity index (χ0v) is 14.5. The summed E-state index contributed by atoms with van der Waals surface area (Å²) in [6, 6.07) is 6.73. The second kappa shape index (κ2) is 6.83. The lowest BCUT2D eigenvalue weighted by Gasteiger charge is -2.26. The van der Waals surface area contributed by atoms with Gasteiger partial charge in [0.25, 0.3) is 11.8 Å². The van der Waals surface area contributed by atoms with E-state index in [4.69, 9.17) is 0 Å². The molecular weight excluding hydrogens is 349 g/mol. The minimum atomic E-state index is -0.962. The Morgan fingerprint density at radius 3 is 2.56 bits per heavy atom.